The van der Waals surface area contributed by atoms with Crippen molar-refractivity contribution in [1.82, 2.24) is 19.5 Å². The minimum Gasteiger partial charge on any atom is -0.494 e. The second kappa shape index (κ2) is 8.79. The number of nitrogens with one attached hydrogen (secondary N) is 2. The van der Waals surface area contributed by atoms with Gasteiger partial charge in [-0.1, -0.05) is 13.3 Å². The summed E-state index contributed by atoms with van der Waals surface area (Å²) >= 11 is 0. The highest BCUT2D eigenvalue weighted by atomic mass is 16.5. The number of ether oxygens (including phenoxy) is 1. The van der Waals surface area contributed by atoms with Crippen molar-refractivity contribution in [3.63, 3.8) is 0 Å². The summed E-state index contributed by atoms with van der Waals surface area (Å²) in [6.45, 7) is 4.68. The lowest BCUT2D eigenvalue weighted by atomic mass is 10.3. The summed E-state index contributed by atoms with van der Waals surface area (Å²) in [4.78, 5) is 24.7. The van der Waals surface area contributed by atoms with E-state index >= 15 is 0 Å². The van der Waals surface area contributed by atoms with E-state index in [2.05, 4.69) is 32.5 Å². The van der Waals surface area contributed by atoms with Crippen LogP contribution < -0.4 is 15.4 Å². The van der Waals surface area contributed by atoms with Crippen molar-refractivity contribution in [3.05, 3.63) is 54.9 Å². The van der Waals surface area contributed by atoms with Gasteiger partial charge in [0, 0.05) is 24.1 Å². The number of carbonyl (C=O) groups is 1. The molecule has 0 unspecified atom stereocenters. The van der Waals surface area contributed by atoms with Crippen molar-refractivity contribution in [2.24, 2.45) is 0 Å². The number of hydrogen-bond donors (Lipinski definition) is 2. The molecule has 2 aromatic heterocycles. The first-order valence-corrected chi connectivity index (χ1v) is 8.79. The molecular weight excluding hydrogens is 344 g/mol. The van der Waals surface area contributed by atoms with Gasteiger partial charge in [-0.15, -0.1) is 0 Å². The lowest BCUT2D eigenvalue weighted by Crippen LogP contribution is -2.20. The predicted octanol–water partition coefficient (Wildman–Crippen LogP) is 3.79. The molecule has 0 atom stereocenters. The SMILES string of the molecule is CCCCOc1ccc(NC(=O)Nc2cc(-n3ccnc3C)ncn2)cc1. The average molecular weight is 366 g/mol. The van der Waals surface area contributed by atoms with Crippen LogP contribution >= 0.6 is 0 Å². The molecule has 0 bridgehead atoms. The van der Waals surface area contributed by atoms with Crippen molar-refractivity contribution in [2.45, 2.75) is 26.7 Å². The number of amides is 2. The Balaban J connectivity index is 1.59. The topological polar surface area (TPSA) is 94.0 Å². The first kappa shape index (κ1) is 18.4. The Bertz CT molecular complexity index is 891. The van der Waals surface area contributed by atoms with Gasteiger partial charge in [-0.3, -0.25) is 9.88 Å². The number of anilines is 2. The van der Waals surface area contributed by atoms with E-state index in [0.717, 1.165) is 24.4 Å². The summed E-state index contributed by atoms with van der Waals surface area (Å²) in [6, 6.07) is 8.54. The molecule has 2 heterocycles. The highest BCUT2D eigenvalue weighted by Gasteiger charge is 2.07. The average Bonchev–Trinajstić information content (AvgIpc) is 3.09. The number of imidazole rings is 1. The number of rotatable bonds is 7. The van der Waals surface area contributed by atoms with Crippen LogP contribution in [0.25, 0.3) is 5.82 Å². The van der Waals surface area contributed by atoms with E-state index in [0.29, 0.717) is 23.9 Å². The van der Waals surface area contributed by atoms with E-state index in [1.54, 1.807) is 30.6 Å². The van der Waals surface area contributed by atoms with E-state index < -0.39 is 0 Å². The number of urea groups is 1. The second-order valence-electron chi connectivity index (χ2n) is 5.91. The Labute approximate surface area is 157 Å². The monoisotopic (exact) mass is 366 g/mol. The predicted molar refractivity (Wildman–Crippen MR) is 103 cm³/mol. The summed E-state index contributed by atoms with van der Waals surface area (Å²) < 4.78 is 7.42. The van der Waals surface area contributed by atoms with Gasteiger partial charge >= 0.3 is 6.03 Å². The van der Waals surface area contributed by atoms with Crippen LogP contribution in [0, 0.1) is 6.92 Å². The van der Waals surface area contributed by atoms with E-state index in [9.17, 15) is 4.79 Å². The first-order chi connectivity index (χ1) is 13.2. The molecule has 0 radical (unpaired) electrons. The summed E-state index contributed by atoms with van der Waals surface area (Å²) in [7, 11) is 0. The molecule has 27 heavy (non-hydrogen) atoms. The molecule has 140 valence electrons. The number of aryl methyl sites for hydroxylation is 1. The third-order valence-corrected chi connectivity index (χ3v) is 3.85. The van der Waals surface area contributed by atoms with Crippen molar-refractivity contribution >= 4 is 17.5 Å². The summed E-state index contributed by atoms with van der Waals surface area (Å²) in [6.07, 6.45) is 6.98. The largest absolute Gasteiger partial charge is 0.494 e. The molecule has 2 N–H and O–H groups in total. The van der Waals surface area contributed by atoms with E-state index in [-0.39, 0.29) is 6.03 Å². The summed E-state index contributed by atoms with van der Waals surface area (Å²) in [5, 5.41) is 5.47. The van der Waals surface area contributed by atoms with Gasteiger partial charge in [0.05, 0.1) is 6.61 Å². The number of benzene rings is 1. The molecule has 0 aliphatic rings. The smallest absolute Gasteiger partial charge is 0.324 e. The van der Waals surface area contributed by atoms with Gasteiger partial charge in [0.15, 0.2) is 0 Å². The fourth-order valence-corrected chi connectivity index (χ4v) is 2.41. The summed E-state index contributed by atoms with van der Waals surface area (Å²) in [5.41, 5.74) is 0.662. The van der Waals surface area contributed by atoms with Crippen LogP contribution in [-0.4, -0.2) is 32.2 Å². The fourth-order valence-electron chi connectivity index (χ4n) is 2.41. The van der Waals surface area contributed by atoms with Gasteiger partial charge < -0.3 is 10.1 Å². The number of aromatic nitrogens is 4. The number of unbranched alkanes of at least 4 members (excludes halogenated alkanes) is 1. The number of carbonyl (C=O) groups excluding carboxylic acids is 1. The Hall–Kier alpha value is -3.42. The van der Waals surface area contributed by atoms with Crippen LogP contribution in [-0.2, 0) is 0 Å². The van der Waals surface area contributed by atoms with Crippen LogP contribution in [0.15, 0.2) is 49.1 Å². The van der Waals surface area contributed by atoms with Crippen LogP contribution in [0.1, 0.15) is 25.6 Å². The van der Waals surface area contributed by atoms with Gasteiger partial charge in [0.25, 0.3) is 0 Å². The molecule has 0 aliphatic heterocycles. The molecule has 0 saturated heterocycles. The summed E-state index contributed by atoms with van der Waals surface area (Å²) in [5.74, 6) is 2.60. The molecule has 2 amide bonds. The third-order valence-electron chi connectivity index (χ3n) is 3.85. The zero-order valence-electron chi connectivity index (χ0n) is 15.3. The third kappa shape index (κ3) is 5.04. The minimum atomic E-state index is -0.387. The van der Waals surface area contributed by atoms with Gasteiger partial charge in [0.2, 0.25) is 0 Å². The molecule has 0 fully saturated rings. The van der Waals surface area contributed by atoms with Crippen molar-refractivity contribution in [2.75, 3.05) is 17.2 Å². The molecular formula is C19H22N6O2. The number of hydrogen-bond acceptors (Lipinski definition) is 5. The second-order valence-corrected chi connectivity index (χ2v) is 5.91. The minimum absolute atomic E-state index is 0.387. The first-order valence-electron chi connectivity index (χ1n) is 8.79. The maximum absolute atomic E-state index is 12.2. The van der Waals surface area contributed by atoms with Crippen LogP contribution in [0.4, 0.5) is 16.3 Å². The lowest BCUT2D eigenvalue weighted by Gasteiger charge is -2.10. The Morgan fingerprint density at radius 3 is 2.67 bits per heavy atom. The van der Waals surface area contributed by atoms with Gasteiger partial charge in [-0.05, 0) is 37.6 Å². The van der Waals surface area contributed by atoms with Crippen molar-refractivity contribution in [3.8, 4) is 11.6 Å². The maximum atomic E-state index is 12.2. The Kier molecular flexibility index (Phi) is 5.98. The Morgan fingerprint density at radius 1 is 1.15 bits per heavy atom. The maximum Gasteiger partial charge on any atom is 0.324 e. The zero-order valence-corrected chi connectivity index (χ0v) is 15.3. The number of nitrogens with zero attached hydrogens (tertiary/aromatic N) is 4. The highest BCUT2D eigenvalue weighted by molar-refractivity contribution is 5.99. The van der Waals surface area contributed by atoms with E-state index in [4.69, 9.17) is 4.74 Å². The van der Waals surface area contributed by atoms with E-state index in [1.807, 2.05) is 23.6 Å². The molecule has 8 heteroatoms. The fraction of sp³-hybridized carbons (Fsp3) is 0.263. The molecule has 0 spiro atoms. The van der Waals surface area contributed by atoms with Gasteiger partial charge in [-0.25, -0.2) is 19.7 Å². The van der Waals surface area contributed by atoms with Crippen molar-refractivity contribution < 1.29 is 9.53 Å². The van der Waals surface area contributed by atoms with Crippen molar-refractivity contribution in [1.29, 1.82) is 0 Å². The molecule has 8 nitrogen and oxygen atoms in total. The quantitative estimate of drug-likeness (QED) is 0.620. The van der Waals surface area contributed by atoms with Crippen LogP contribution in [0.2, 0.25) is 0 Å². The molecule has 0 saturated carbocycles. The normalized spacial score (nSPS) is 10.4. The lowest BCUT2D eigenvalue weighted by molar-refractivity contribution is 0.262. The Morgan fingerprint density at radius 2 is 1.96 bits per heavy atom. The van der Waals surface area contributed by atoms with Crippen LogP contribution in [0.5, 0.6) is 5.75 Å². The molecule has 3 aromatic rings. The van der Waals surface area contributed by atoms with Gasteiger partial charge in [-0.2, -0.15) is 0 Å². The molecule has 0 aliphatic carbocycles. The van der Waals surface area contributed by atoms with Gasteiger partial charge in [0.1, 0.15) is 29.5 Å². The highest BCUT2D eigenvalue weighted by Crippen LogP contribution is 2.17. The zero-order chi connectivity index (χ0) is 19.1. The molecule has 1 aromatic carbocycles. The van der Waals surface area contributed by atoms with E-state index in [1.165, 1.54) is 6.33 Å². The standard InChI is InChI=1S/C19H22N6O2/c1-3-4-11-27-16-7-5-15(6-8-16)23-19(26)24-17-12-18(22-13-21-17)25-10-9-20-14(25)2/h5-10,12-13H,3-4,11H2,1-2H3,(H2,21,22,23,24,26). The molecule has 3 rings (SSSR count). The van der Waals surface area contributed by atoms with Crippen LogP contribution in [0.3, 0.4) is 0 Å².